The van der Waals surface area contributed by atoms with E-state index in [4.69, 9.17) is 0 Å². The maximum Gasteiger partial charge on any atom is 0.0208 e. The molecule has 0 amide bonds. The quantitative estimate of drug-likeness (QED) is 0.654. The second-order valence-corrected chi connectivity index (χ2v) is 3.55. The zero-order valence-electron chi connectivity index (χ0n) is 8.59. The van der Waals surface area contributed by atoms with Gasteiger partial charge in [-0.1, -0.05) is 26.0 Å². The van der Waals surface area contributed by atoms with Crippen molar-refractivity contribution in [1.82, 2.24) is 5.32 Å². The first-order chi connectivity index (χ1) is 6.24. The Labute approximate surface area is 82.0 Å². The monoisotopic (exact) mass is 177 g/mol. The van der Waals surface area contributed by atoms with E-state index in [-0.39, 0.29) is 1.43 Å². The molecule has 0 aromatic rings. The summed E-state index contributed by atoms with van der Waals surface area (Å²) < 4.78 is 0. The molecule has 0 aliphatic heterocycles. The molecule has 0 heterocycles. The lowest BCUT2D eigenvalue weighted by molar-refractivity contribution is 0.792. The van der Waals surface area contributed by atoms with Gasteiger partial charge in [-0.25, -0.2) is 0 Å². The van der Waals surface area contributed by atoms with Gasteiger partial charge in [-0.2, -0.15) is 0 Å². The van der Waals surface area contributed by atoms with Crippen LogP contribution in [0, 0.1) is 5.92 Å². The molecule has 0 spiro atoms. The van der Waals surface area contributed by atoms with Gasteiger partial charge in [0.25, 0.3) is 0 Å². The number of nitrogens with one attached hydrogen (secondary N) is 1. The first-order valence-electron chi connectivity index (χ1n) is 4.72. The largest absolute Gasteiger partial charge is 0.316 e. The maximum atomic E-state index is 3.19. The van der Waals surface area contributed by atoms with Crippen molar-refractivity contribution in [1.29, 1.82) is 0 Å². The maximum absolute atomic E-state index is 3.19. The van der Waals surface area contributed by atoms with E-state index in [0.717, 1.165) is 6.54 Å². The Bertz CT molecular complexity index is 291. The molecule has 1 N–H and O–H groups in total. The summed E-state index contributed by atoms with van der Waals surface area (Å²) in [5.74, 6) is 0.575. The lowest BCUT2D eigenvalue weighted by atomic mass is 10.0. The minimum absolute atomic E-state index is 0. The van der Waals surface area contributed by atoms with Crippen molar-refractivity contribution in [3.8, 4) is 0 Å². The Balaban J connectivity index is 0.00000169. The van der Waals surface area contributed by atoms with Crippen molar-refractivity contribution < 1.29 is 1.43 Å². The van der Waals surface area contributed by atoms with Gasteiger partial charge in [0.1, 0.15) is 0 Å². The molecule has 1 rings (SSSR count). The third-order valence-corrected chi connectivity index (χ3v) is 2.06. The van der Waals surface area contributed by atoms with Gasteiger partial charge in [0.05, 0.1) is 0 Å². The third kappa shape index (κ3) is 3.06. The first kappa shape index (κ1) is 10.0. The van der Waals surface area contributed by atoms with E-state index in [9.17, 15) is 0 Å². The predicted octanol–water partition coefficient (Wildman–Crippen LogP) is 2.69. The lowest BCUT2D eigenvalue weighted by Gasteiger charge is -2.02. The molecule has 0 bridgehead atoms. The highest BCUT2D eigenvalue weighted by atomic mass is 14.8. The Morgan fingerprint density at radius 2 is 2.15 bits per heavy atom. The fourth-order valence-corrected chi connectivity index (χ4v) is 1.22. The molecule has 0 aromatic heterocycles. The van der Waals surface area contributed by atoms with Crippen molar-refractivity contribution in [2.45, 2.75) is 13.8 Å². The van der Waals surface area contributed by atoms with Gasteiger partial charge >= 0.3 is 0 Å². The molecule has 0 saturated carbocycles. The van der Waals surface area contributed by atoms with E-state index in [1.807, 2.05) is 13.1 Å². The Morgan fingerprint density at radius 3 is 2.77 bits per heavy atom. The van der Waals surface area contributed by atoms with Crippen LogP contribution in [-0.2, 0) is 0 Å². The van der Waals surface area contributed by atoms with Gasteiger partial charge in [-0.05, 0) is 36.3 Å². The van der Waals surface area contributed by atoms with Crippen molar-refractivity contribution >= 4 is 0 Å². The lowest BCUT2D eigenvalue weighted by Crippen LogP contribution is -2.08. The minimum atomic E-state index is 0. The standard InChI is InChI=1S/C12H17N.H2/c1-10(2)12-6-4-5-11(7-8-12)9-13-3;/h5-8,10,13H,9H2,1-3H3;1H. The summed E-state index contributed by atoms with van der Waals surface area (Å²) in [7, 11) is 1.95. The minimum Gasteiger partial charge on any atom is -0.316 e. The van der Waals surface area contributed by atoms with Gasteiger partial charge in [-0.15, -0.1) is 5.73 Å². The van der Waals surface area contributed by atoms with E-state index >= 15 is 0 Å². The Morgan fingerprint density at radius 1 is 1.38 bits per heavy atom. The highest BCUT2D eigenvalue weighted by Gasteiger charge is 1.99. The van der Waals surface area contributed by atoms with Gasteiger partial charge in [0, 0.05) is 7.97 Å². The van der Waals surface area contributed by atoms with E-state index in [0.29, 0.717) is 5.92 Å². The van der Waals surface area contributed by atoms with Crippen LogP contribution in [-0.4, -0.2) is 13.6 Å². The van der Waals surface area contributed by atoms with E-state index in [2.05, 4.69) is 43.1 Å². The highest BCUT2D eigenvalue weighted by molar-refractivity contribution is 5.35. The van der Waals surface area contributed by atoms with Crippen LogP contribution >= 0.6 is 0 Å². The summed E-state index contributed by atoms with van der Waals surface area (Å²) in [6.07, 6.45) is 8.42. The van der Waals surface area contributed by atoms with Crippen LogP contribution in [0.3, 0.4) is 0 Å². The van der Waals surface area contributed by atoms with Crippen molar-refractivity contribution in [2.24, 2.45) is 5.92 Å². The van der Waals surface area contributed by atoms with Crippen LogP contribution in [0.4, 0.5) is 0 Å². The molecule has 0 atom stereocenters. The molecule has 72 valence electrons. The summed E-state index contributed by atoms with van der Waals surface area (Å²) in [6, 6.07) is 0. The average molecular weight is 177 g/mol. The van der Waals surface area contributed by atoms with Crippen LogP contribution in [0.15, 0.2) is 41.2 Å². The molecular formula is C12H19N. The molecule has 13 heavy (non-hydrogen) atoms. The summed E-state index contributed by atoms with van der Waals surface area (Å²) >= 11 is 0. The molecule has 1 heteroatoms. The molecule has 1 aliphatic rings. The van der Waals surface area contributed by atoms with Crippen molar-refractivity contribution in [3.05, 3.63) is 41.2 Å². The van der Waals surface area contributed by atoms with Crippen LogP contribution in [0.1, 0.15) is 15.3 Å². The molecule has 0 saturated heterocycles. The molecule has 0 radical (unpaired) electrons. The zero-order valence-corrected chi connectivity index (χ0v) is 8.59. The van der Waals surface area contributed by atoms with E-state index < -0.39 is 0 Å². The second-order valence-electron chi connectivity index (χ2n) is 3.55. The van der Waals surface area contributed by atoms with Crippen LogP contribution in [0.2, 0.25) is 0 Å². The van der Waals surface area contributed by atoms with Gasteiger partial charge < -0.3 is 5.32 Å². The topological polar surface area (TPSA) is 12.0 Å². The van der Waals surface area contributed by atoms with Gasteiger partial charge in [-0.3, -0.25) is 0 Å². The first-order valence-corrected chi connectivity index (χ1v) is 4.72. The predicted molar refractivity (Wildman–Crippen MR) is 59.7 cm³/mol. The number of rotatable bonds is 3. The summed E-state index contributed by atoms with van der Waals surface area (Å²) in [4.78, 5) is 0. The number of allylic oxidation sites excluding steroid dienone is 3. The number of hydrogen-bond acceptors (Lipinski definition) is 1. The molecule has 0 aromatic carbocycles. The molecular weight excluding hydrogens is 158 g/mol. The highest BCUT2D eigenvalue weighted by Crippen LogP contribution is 2.13. The normalized spacial score (nSPS) is 15.7. The van der Waals surface area contributed by atoms with Gasteiger partial charge in [0.2, 0.25) is 0 Å². The summed E-state index contributed by atoms with van der Waals surface area (Å²) in [5, 5.41) is 3.13. The number of likely N-dealkylation sites (N-methyl/N-ethyl adjacent to an activating group) is 1. The molecule has 0 unspecified atom stereocenters. The van der Waals surface area contributed by atoms with Crippen molar-refractivity contribution in [2.75, 3.05) is 13.6 Å². The average Bonchev–Trinajstić information content (AvgIpc) is 2.30. The molecule has 1 aliphatic carbocycles. The third-order valence-electron chi connectivity index (χ3n) is 2.06. The molecule has 0 fully saturated rings. The Kier molecular flexibility index (Phi) is 3.75. The SMILES string of the molecule is CNCC1=CC=C(C(C)C)C=C=C1.[HH]. The van der Waals surface area contributed by atoms with E-state index in [1.54, 1.807) is 0 Å². The fraction of sp³-hybridized carbons (Fsp3) is 0.417. The summed E-state index contributed by atoms with van der Waals surface area (Å²) in [5.41, 5.74) is 5.80. The Hall–Kier alpha value is -1.04. The van der Waals surface area contributed by atoms with Gasteiger partial charge in [0.15, 0.2) is 0 Å². The second kappa shape index (κ2) is 4.86. The molecule has 1 nitrogen and oxygen atoms in total. The number of hydrogen-bond donors (Lipinski definition) is 1. The fourth-order valence-electron chi connectivity index (χ4n) is 1.22. The van der Waals surface area contributed by atoms with E-state index in [1.165, 1.54) is 11.1 Å². The van der Waals surface area contributed by atoms with Crippen LogP contribution < -0.4 is 5.32 Å². The summed E-state index contributed by atoms with van der Waals surface area (Å²) in [6.45, 7) is 5.30. The zero-order chi connectivity index (χ0) is 9.68. The van der Waals surface area contributed by atoms with Crippen molar-refractivity contribution in [3.63, 3.8) is 0 Å². The van der Waals surface area contributed by atoms with Crippen LogP contribution in [0.25, 0.3) is 0 Å². The smallest absolute Gasteiger partial charge is 0.0208 e. The van der Waals surface area contributed by atoms with Crippen LogP contribution in [0.5, 0.6) is 0 Å².